The van der Waals surface area contributed by atoms with E-state index in [-0.39, 0.29) is 24.2 Å². The van der Waals surface area contributed by atoms with E-state index in [0.29, 0.717) is 30.9 Å². The monoisotopic (exact) mass is 289 g/mol. The lowest BCUT2D eigenvalue weighted by molar-refractivity contribution is 0.230. The Balaban J connectivity index is 2.03. The number of ether oxygens (including phenoxy) is 3. The average Bonchev–Trinajstić information content (AvgIpc) is 3.27. The average molecular weight is 289 g/mol. The number of rotatable bonds is 6. The van der Waals surface area contributed by atoms with E-state index >= 15 is 0 Å². The van der Waals surface area contributed by atoms with Gasteiger partial charge in [-0.1, -0.05) is 8.96 Å². The molecule has 1 aromatic carbocycles. The Kier molecular flexibility index (Phi) is 3.47. The molecule has 2 aliphatic heterocycles. The Morgan fingerprint density at radius 2 is 1.85 bits per heavy atom. The van der Waals surface area contributed by atoms with Gasteiger partial charge in [0.15, 0.2) is 5.82 Å². The van der Waals surface area contributed by atoms with Crippen LogP contribution in [0.4, 0.5) is 19.0 Å². The van der Waals surface area contributed by atoms with Crippen LogP contribution in [0.3, 0.4) is 0 Å². The molecule has 1 aromatic rings. The van der Waals surface area contributed by atoms with E-state index in [1.165, 1.54) is 7.11 Å². The lowest BCUT2D eigenvalue weighted by atomic mass is 9.99. The van der Waals surface area contributed by atoms with Crippen LogP contribution >= 0.6 is 0 Å². The Labute approximate surface area is 113 Å². The number of halogens is 3. The molecule has 2 aliphatic rings. The third-order valence-electron chi connectivity index (χ3n) is 3.44. The molecule has 0 radical (unpaired) electrons. The summed E-state index contributed by atoms with van der Waals surface area (Å²) >= 11 is 0. The minimum atomic E-state index is -1.21. The second-order valence-corrected chi connectivity index (χ2v) is 4.93. The molecule has 2 fully saturated rings. The molecule has 2 atom stereocenters. The van der Waals surface area contributed by atoms with E-state index in [0.717, 1.165) is 6.07 Å². The summed E-state index contributed by atoms with van der Waals surface area (Å²) in [5, 5.41) is -1.21. The summed E-state index contributed by atoms with van der Waals surface area (Å²) in [5.41, 5.74) is -0.0668. The van der Waals surface area contributed by atoms with Gasteiger partial charge in [0, 0.05) is 18.4 Å². The Morgan fingerprint density at radius 1 is 1.25 bits per heavy atom. The van der Waals surface area contributed by atoms with E-state index in [1.807, 2.05) is 0 Å². The second kappa shape index (κ2) is 5.14. The highest BCUT2D eigenvalue weighted by Crippen LogP contribution is 2.38. The molecule has 0 bridgehead atoms. The van der Waals surface area contributed by atoms with Gasteiger partial charge in [0.05, 0.1) is 32.5 Å². The molecule has 0 saturated carbocycles. The summed E-state index contributed by atoms with van der Waals surface area (Å²) < 4.78 is 55.2. The minimum Gasteiger partial charge on any atom is -0.496 e. The predicted octanol–water partition coefficient (Wildman–Crippen LogP) is 2.29. The molecule has 2 saturated heterocycles. The zero-order valence-electron chi connectivity index (χ0n) is 10.9. The number of hydrogen-bond acceptors (Lipinski definition) is 4. The minimum absolute atomic E-state index is 0.0000846. The Hall–Kier alpha value is -1.47. The van der Waals surface area contributed by atoms with Gasteiger partial charge < -0.3 is 14.2 Å². The van der Waals surface area contributed by atoms with Crippen LogP contribution < -0.4 is 10.1 Å². The second-order valence-electron chi connectivity index (χ2n) is 4.93. The van der Waals surface area contributed by atoms with E-state index in [4.69, 9.17) is 14.2 Å². The Morgan fingerprint density at radius 3 is 2.35 bits per heavy atom. The first-order chi connectivity index (χ1) is 9.60. The smallest absolute Gasteiger partial charge is 0.159 e. The maximum Gasteiger partial charge on any atom is 0.159 e. The quantitative estimate of drug-likeness (QED) is 0.595. The summed E-state index contributed by atoms with van der Waals surface area (Å²) in [7, 11) is 1.41. The molecule has 4 nitrogen and oxygen atoms in total. The van der Waals surface area contributed by atoms with Crippen LogP contribution in [-0.4, -0.2) is 32.5 Å². The third-order valence-corrected chi connectivity index (χ3v) is 3.44. The third kappa shape index (κ3) is 2.69. The Bertz CT molecular complexity index is 516. The summed E-state index contributed by atoms with van der Waals surface area (Å²) in [5.74, 6) is -0.637. The van der Waals surface area contributed by atoms with E-state index in [2.05, 4.69) is 0 Å². The molecular formula is C13H14F3NO3. The van der Waals surface area contributed by atoms with Gasteiger partial charge >= 0.3 is 0 Å². The van der Waals surface area contributed by atoms with E-state index in [9.17, 15) is 13.4 Å². The van der Waals surface area contributed by atoms with Crippen LogP contribution in [0, 0.1) is 5.82 Å². The predicted molar refractivity (Wildman–Crippen MR) is 64.5 cm³/mol. The summed E-state index contributed by atoms with van der Waals surface area (Å²) in [6.07, 6.45) is 0.546. The highest BCUT2D eigenvalue weighted by molar-refractivity contribution is 5.57. The zero-order chi connectivity index (χ0) is 14.3. The molecule has 0 aliphatic carbocycles. The first-order valence-corrected chi connectivity index (χ1v) is 6.33. The molecule has 0 aromatic heterocycles. The van der Waals surface area contributed by atoms with Crippen LogP contribution in [0.1, 0.15) is 11.1 Å². The number of nitrogens with zero attached hydrogens (tertiary/aromatic N) is 1. The van der Waals surface area contributed by atoms with Crippen molar-refractivity contribution in [3.05, 3.63) is 23.0 Å². The standard InChI is InChI=1S/C13H14F3NO3/c1-18-13-7(2-8-5-19-8)3-11(17(15)16)12(14)10(13)4-9-6-20-9/h3,8-9H,2,4-6H2,1H3. The zero-order valence-corrected chi connectivity index (χ0v) is 10.9. The molecule has 0 N–H and O–H groups in total. The first-order valence-electron chi connectivity index (χ1n) is 6.33. The van der Waals surface area contributed by atoms with Gasteiger partial charge in [-0.15, -0.1) is 0 Å². The number of benzene rings is 1. The van der Waals surface area contributed by atoms with Crippen molar-refractivity contribution in [2.24, 2.45) is 0 Å². The molecule has 7 heteroatoms. The number of hydrogen-bond donors (Lipinski definition) is 0. The number of anilines is 1. The highest BCUT2D eigenvalue weighted by Gasteiger charge is 2.32. The number of methoxy groups -OCH3 is 1. The molecule has 20 heavy (non-hydrogen) atoms. The van der Waals surface area contributed by atoms with Crippen molar-refractivity contribution in [3.63, 3.8) is 0 Å². The summed E-state index contributed by atoms with van der Waals surface area (Å²) in [6, 6.07) is 1.12. The van der Waals surface area contributed by atoms with Crippen LogP contribution in [-0.2, 0) is 22.3 Å². The molecule has 110 valence electrons. The van der Waals surface area contributed by atoms with E-state index < -0.39 is 16.8 Å². The molecule has 0 spiro atoms. The van der Waals surface area contributed by atoms with Crippen LogP contribution in [0.25, 0.3) is 0 Å². The topological polar surface area (TPSA) is 37.5 Å². The van der Waals surface area contributed by atoms with Gasteiger partial charge in [-0.2, -0.15) is 0 Å². The van der Waals surface area contributed by atoms with Gasteiger partial charge in [0.1, 0.15) is 11.4 Å². The SMILES string of the molecule is COc1c(CC2CO2)cc(N(F)F)c(F)c1CC1CO1. The number of epoxide rings is 2. The highest BCUT2D eigenvalue weighted by atomic mass is 19.4. The summed E-state index contributed by atoms with van der Waals surface area (Å²) in [4.78, 5) is 0. The molecule has 0 amide bonds. The lowest BCUT2D eigenvalue weighted by Gasteiger charge is -2.17. The van der Waals surface area contributed by atoms with Crippen molar-refractivity contribution >= 4 is 5.69 Å². The van der Waals surface area contributed by atoms with Gasteiger partial charge in [-0.05, 0) is 17.0 Å². The van der Waals surface area contributed by atoms with Crippen molar-refractivity contribution in [1.82, 2.24) is 0 Å². The van der Waals surface area contributed by atoms with Crippen LogP contribution in [0.15, 0.2) is 6.07 Å². The van der Waals surface area contributed by atoms with Crippen LogP contribution in [0.2, 0.25) is 0 Å². The largest absolute Gasteiger partial charge is 0.496 e. The van der Waals surface area contributed by atoms with Crippen molar-refractivity contribution in [1.29, 1.82) is 0 Å². The maximum absolute atomic E-state index is 14.2. The van der Waals surface area contributed by atoms with Gasteiger partial charge in [-0.3, -0.25) is 0 Å². The normalized spacial score (nSPS) is 23.6. The van der Waals surface area contributed by atoms with Crippen molar-refractivity contribution in [2.75, 3.05) is 25.7 Å². The fraction of sp³-hybridized carbons (Fsp3) is 0.538. The van der Waals surface area contributed by atoms with Gasteiger partial charge in [0.25, 0.3) is 0 Å². The lowest BCUT2D eigenvalue weighted by Crippen LogP contribution is -2.10. The fourth-order valence-corrected chi connectivity index (χ4v) is 2.30. The van der Waals surface area contributed by atoms with Crippen molar-refractivity contribution in [2.45, 2.75) is 25.0 Å². The van der Waals surface area contributed by atoms with E-state index in [1.54, 1.807) is 0 Å². The molecular weight excluding hydrogens is 275 g/mol. The maximum atomic E-state index is 14.2. The van der Waals surface area contributed by atoms with Gasteiger partial charge in [0.2, 0.25) is 0 Å². The summed E-state index contributed by atoms with van der Waals surface area (Å²) in [6.45, 7) is 1.11. The molecule has 3 rings (SSSR count). The molecule has 2 heterocycles. The van der Waals surface area contributed by atoms with Gasteiger partial charge in [-0.25, -0.2) is 4.39 Å². The molecule has 2 unspecified atom stereocenters. The first kappa shape index (κ1) is 13.5. The van der Waals surface area contributed by atoms with Crippen LogP contribution in [0.5, 0.6) is 5.75 Å². The van der Waals surface area contributed by atoms with Crippen molar-refractivity contribution in [3.8, 4) is 5.75 Å². The fourth-order valence-electron chi connectivity index (χ4n) is 2.30. The van der Waals surface area contributed by atoms with Crippen molar-refractivity contribution < 1.29 is 27.6 Å².